The van der Waals surface area contributed by atoms with Gasteiger partial charge in [0.25, 0.3) is 0 Å². The molecule has 170 valence electrons. The van der Waals surface area contributed by atoms with E-state index in [-0.39, 0.29) is 6.04 Å². The molecule has 3 rings (SSSR count). The first-order valence-corrected chi connectivity index (χ1v) is 11.3. The highest BCUT2D eigenvalue weighted by atomic mass is 16.5. The van der Waals surface area contributed by atoms with Crippen molar-refractivity contribution in [1.29, 1.82) is 0 Å². The Hall–Kier alpha value is -2.61. The highest BCUT2D eigenvalue weighted by Crippen LogP contribution is 2.20. The van der Waals surface area contributed by atoms with E-state index in [9.17, 15) is 0 Å². The normalized spacial score (nSPS) is 16.3. The Morgan fingerprint density at radius 1 is 1.32 bits per heavy atom. The fourth-order valence-electron chi connectivity index (χ4n) is 3.53. The first-order chi connectivity index (χ1) is 15.1. The Morgan fingerprint density at radius 3 is 2.94 bits per heavy atom. The van der Waals surface area contributed by atoms with Crippen molar-refractivity contribution in [1.82, 2.24) is 25.4 Å². The molecular formula is C23H36N6O2. The zero-order chi connectivity index (χ0) is 22.1. The Kier molecular flexibility index (Phi) is 8.70. The monoisotopic (exact) mass is 428 g/mol. The maximum atomic E-state index is 6.01. The van der Waals surface area contributed by atoms with E-state index in [0.29, 0.717) is 19.1 Å². The van der Waals surface area contributed by atoms with Crippen molar-refractivity contribution in [2.45, 2.75) is 65.8 Å². The van der Waals surface area contributed by atoms with Crippen molar-refractivity contribution in [3.63, 3.8) is 0 Å². The molecule has 0 bridgehead atoms. The van der Waals surface area contributed by atoms with Gasteiger partial charge in [-0.05, 0) is 31.7 Å². The third-order valence-corrected chi connectivity index (χ3v) is 5.19. The van der Waals surface area contributed by atoms with Crippen molar-refractivity contribution in [3.8, 4) is 5.75 Å². The molecule has 1 unspecified atom stereocenters. The fourth-order valence-corrected chi connectivity index (χ4v) is 3.53. The van der Waals surface area contributed by atoms with Gasteiger partial charge in [-0.1, -0.05) is 32.0 Å². The number of ether oxygens (including phenoxy) is 2. The number of fused-ring (bicyclic) bond motifs is 1. The molecule has 8 nitrogen and oxygen atoms in total. The maximum Gasteiger partial charge on any atom is 0.191 e. The van der Waals surface area contributed by atoms with Crippen molar-refractivity contribution in [3.05, 3.63) is 41.5 Å². The van der Waals surface area contributed by atoms with E-state index in [2.05, 4.69) is 47.6 Å². The molecule has 2 N–H and O–H groups in total. The molecule has 1 atom stereocenters. The summed E-state index contributed by atoms with van der Waals surface area (Å²) in [4.78, 5) is 9.37. The van der Waals surface area contributed by atoms with E-state index in [1.54, 1.807) is 7.11 Å². The number of methoxy groups -OCH3 is 1. The molecule has 0 aliphatic carbocycles. The SMILES string of the molecule is CCNC(=NCc1ccccc1OCCC(C)C)NC1CCc2nc(COC)nn2C1. The number of aliphatic imine (C=N–C) groups is 1. The maximum absolute atomic E-state index is 6.01. The molecule has 0 fully saturated rings. The standard InChI is InChI=1S/C23H36N6O2/c1-5-24-23(25-14-18-8-6-7-9-20(18)31-13-12-17(2)3)26-19-10-11-22-27-21(16-30-4)28-29(22)15-19/h6-9,17,19H,5,10-16H2,1-4H3,(H2,24,25,26). The average Bonchev–Trinajstić information content (AvgIpc) is 3.15. The number of para-hydroxylation sites is 1. The summed E-state index contributed by atoms with van der Waals surface area (Å²) in [5, 5.41) is 11.5. The first kappa shape index (κ1) is 23.1. The molecule has 1 aliphatic heterocycles. The molecule has 0 saturated carbocycles. The smallest absolute Gasteiger partial charge is 0.191 e. The van der Waals surface area contributed by atoms with Crippen LogP contribution in [0.15, 0.2) is 29.3 Å². The molecule has 1 aromatic heterocycles. The van der Waals surface area contributed by atoms with Crippen LogP contribution in [0.1, 0.15) is 50.8 Å². The lowest BCUT2D eigenvalue weighted by Gasteiger charge is -2.25. The molecule has 0 radical (unpaired) electrons. The highest BCUT2D eigenvalue weighted by Gasteiger charge is 2.22. The largest absolute Gasteiger partial charge is 0.493 e. The lowest BCUT2D eigenvalue weighted by atomic mass is 10.1. The minimum absolute atomic E-state index is 0.250. The molecular weight excluding hydrogens is 392 g/mol. The zero-order valence-corrected chi connectivity index (χ0v) is 19.2. The van der Waals surface area contributed by atoms with Crippen molar-refractivity contribution in [2.24, 2.45) is 10.9 Å². The number of aryl methyl sites for hydroxylation is 1. The van der Waals surface area contributed by atoms with Gasteiger partial charge in [0.1, 0.15) is 18.2 Å². The van der Waals surface area contributed by atoms with Gasteiger partial charge in [0.15, 0.2) is 11.8 Å². The molecule has 0 spiro atoms. The highest BCUT2D eigenvalue weighted by molar-refractivity contribution is 5.80. The van der Waals surface area contributed by atoms with Crippen LogP contribution in [0.5, 0.6) is 5.75 Å². The molecule has 1 aliphatic rings. The lowest BCUT2D eigenvalue weighted by molar-refractivity contribution is 0.177. The predicted molar refractivity (Wildman–Crippen MR) is 122 cm³/mol. The number of guanidine groups is 1. The van der Waals surface area contributed by atoms with Crippen molar-refractivity contribution < 1.29 is 9.47 Å². The van der Waals surface area contributed by atoms with Crippen LogP contribution in [-0.4, -0.2) is 47.0 Å². The van der Waals surface area contributed by atoms with E-state index in [0.717, 1.165) is 67.9 Å². The number of benzene rings is 1. The van der Waals surface area contributed by atoms with Gasteiger partial charge in [0.05, 0.1) is 19.7 Å². The van der Waals surface area contributed by atoms with Gasteiger partial charge < -0.3 is 20.1 Å². The third-order valence-electron chi connectivity index (χ3n) is 5.19. The van der Waals surface area contributed by atoms with Gasteiger partial charge in [0, 0.05) is 31.7 Å². The van der Waals surface area contributed by atoms with Gasteiger partial charge in [-0.15, -0.1) is 0 Å². The van der Waals surface area contributed by atoms with Crippen LogP contribution in [0, 0.1) is 5.92 Å². The number of nitrogens with zero attached hydrogens (tertiary/aromatic N) is 4. The van der Waals surface area contributed by atoms with Crippen LogP contribution in [0.2, 0.25) is 0 Å². The van der Waals surface area contributed by atoms with Gasteiger partial charge in [-0.2, -0.15) is 5.10 Å². The van der Waals surface area contributed by atoms with E-state index in [1.165, 1.54) is 0 Å². The van der Waals surface area contributed by atoms with E-state index < -0.39 is 0 Å². The Bertz CT molecular complexity index is 848. The summed E-state index contributed by atoms with van der Waals surface area (Å²) in [6.07, 6.45) is 2.92. The number of nitrogens with one attached hydrogen (secondary N) is 2. The second-order valence-corrected chi connectivity index (χ2v) is 8.27. The number of hydrogen-bond acceptors (Lipinski definition) is 5. The summed E-state index contributed by atoms with van der Waals surface area (Å²) < 4.78 is 13.2. The number of hydrogen-bond donors (Lipinski definition) is 2. The average molecular weight is 429 g/mol. The quantitative estimate of drug-likeness (QED) is 0.447. The van der Waals surface area contributed by atoms with Crippen LogP contribution in [0.4, 0.5) is 0 Å². The molecule has 0 saturated heterocycles. The second-order valence-electron chi connectivity index (χ2n) is 8.27. The number of aromatic nitrogens is 3. The Labute approximate surface area is 185 Å². The minimum atomic E-state index is 0.250. The second kappa shape index (κ2) is 11.7. The van der Waals surface area contributed by atoms with Crippen LogP contribution in [0.25, 0.3) is 0 Å². The topological polar surface area (TPSA) is 85.6 Å². The third kappa shape index (κ3) is 6.95. The fraction of sp³-hybridized carbons (Fsp3) is 0.609. The van der Waals surface area contributed by atoms with Crippen LogP contribution in [-0.2, 0) is 30.9 Å². The summed E-state index contributed by atoms with van der Waals surface area (Å²) in [5.41, 5.74) is 1.09. The van der Waals surface area contributed by atoms with Gasteiger partial charge in [-0.3, -0.25) is 0 Å². The summed E-state index contributed by atoms with van der Waals surface area (Å²) in [5.74, 6) is 4.12. The van der Waals surface area contributed by atoms with Crippen molar-refractivity contribution >= 4 is 5.96 Å². The van der Waals surface area contributed by atoms with E-state index in [1.807, 2.05) is 22.9 Å². The first-order valence-electron chi connectivity index (χ1n) is 11.3. The van der Waals surface area contributed by atoms with Gasteiger partial charge in [-0.25, -0.2) is 14.7 Å². The summed E-state index contributed by atoms with van der Waals surface area (Å²) in [6, 6.07) is 8.40. The van der Waals surface area contributed by atoms with Crippen LogP contribution in [0.3, 0.4) is 0 Å². The van der Waals surface area contributed by atoms with Gasteiger partial charge in [0.2, 0.25) is 0 Å². The van der Waals surface area contributed by atoms with Crippen LogP contribution >= 0.6 is 0 Å². The summed E-state index contributed by atoms with van der Waals surface area (Å²) >= 11 is 0. The van der Waals surface area contributed by atoms with E-state index >= 15 is 0 Å². The lowest BCUT2D eigenvalue weighted by Crippen LogP contribution is -2.47. The molecule has 8 heteroatoms. The zero-order valence-electron chi connectivity index (χ0n) is 19.2. The molecule has 2 heterocycles. The number of rotatable bonds is 10. The summed E-state index contributed by atoms with van der Waals surface area (Å²) in [7, 11) is 1.66. The molecule has 0 amide bonds. The predicted octanol–water partition coefficient (Wildman–Crippen LogP) is 2.92. The molecule has 2 aromatic rings. The minimum Gasteiger partial charge on any atom is -0.493 e. The van der Waals surface area contributed by atoms with Crippen LogP contribution < -0.4 is 15.4 Å². The Morgan fingerprint density at radius 2 is 2.16 bits per heavy atom. The molecule has 31 heavy (non-hydrogen) atoms. The van der Waals surface area contributed by atoms with Crippen molar-refractivity contribution in [2.75, 3.05) is 20.3 Å². The summed E-state index contributed by atoms with van der Waals surface area (Å²) in [6.45, 7) is 9.80. The Balaban J connectivity index is 1.62. The van der Waals surface area contributed by atoms with Gasteiger partial charge >= 0.3 is 0 Å². The van der Waals surface area contributed by atoms with E-state index in [4.69, 9.17) is 14.5 Å². The molecule has 1 aromatic carbocycles.